The maximum Gasteiger partial charge on any atom is 0.248 e. The van der Waals surface area contributed by atoms with Crippen molar-refractivity contribution in [2.45, 2.75) is 44.6 Å². The number of hydrazine groups is 1. The Balaban J connectivity index is 2.08. The number of alkyl halides is 2. The van der Waals surface area contributed by atoms with Crippen molar-refractivity contribution >= 4 is 11.3 Å². The summed E-state index contributed by atoms with van der Waals surface area (Å²) in [6.07, 6.45) is 1.05. The van der Waals surface area contributed by atoms with Crippen LogP contribution in [0.1, 0.15) is 42.2 Å². The molecule has 96 valence electrons. The standard InChI is InChI=1S/C12H18F2N2S/c1-8-10(4-7-17-8)11(16-15)9-2-5-12(13,14)6-3-9/h4,7,9,11,16H,2-3,5-6,15H2,1H3. The summed E-state index contributed by atoms with van der Waals surface area (Å²) in [6, 6.07) is 2.05. The lowest BCUT2D eigenvalue weighted by molar-refractivity contribution is -0.0497. The molecule has 3 N–H and O–H groups in total. The van der Waals surface area contributed by atoms with Gasteiger partial charge in [0.15, 0.2) is 0 Å². The van der Waals surface area contributed by atoms with Gasteiger partial charge in [0.25, 0.3) is 0 Å². The quantitative estimate of drug-likeness (QED) is 0.646. The molecule has 1 aliphatic rings. The summed E-state index contributed by atoms with van der Waals surface area (Å²) in [6.45, 7) is 2.04. The largest absolute Gasteiger partial charge is 0.271 e. The molecule has 0 radical (unpaired) electrons. The molecule has 1 unspecified atom stereocenters. The minimum absolute atomic E-state index is 0.0114. The van der Waals surface area contributed by atoms with Crippen molar-refractivity contribution in [3.63, 3.8) is 0 Å². The Labute approximate surface area is 104 Å². The molecule has 0 aliphatic heterocycles. The summed E-state index contributed by atoms with van der Waals surface area (Å²) in [5, 5.41) is 2.02. The SMILES string of the molecule is Cc1sccc1C(NN)C1CCC(F)(F)CC1. The van der Waals surface area contributed by atoms with E-state index in [1.807, 2.05) is 18.4 Å². The Kier molecular flexibility index (Phi) is 3.80. The topological polar surface area (TPSA) is 38.0 Å². The number of thiophene rings is 1. The highest BCUT2D eigenvalue weighted by atomic mass is 32.1. The second-order valence-electron chi connectivity index (χ2n) is 4.77. The lowest BCUT2D eigenvalue weighted by Crippen LogP contribution is -2.37. The van der Waals surface area contributed by atoms with E-state index < -0.39 is 5.92 Å². The van der Waals surface area contributed by atoms with Gasteiger partial charge in [0.05, 0.1) is 0 Å². The molecule has 2 rings (SSSR count). The Bertz CT molecular complexity index is 368. The second kappa shape index (κ2) is 5.00. The van der Waals surface area contributed by atoms with E-state index in [4.69, 9.17) is 5.84 Å². The Morgan fingerprint density at radius 2 is 2.12 bits per heavy atom. The van der Waals surface area contributed by atoms with Gasteiger partial charge in [0.1, 0.15) is 0 Å². The van der Waals surface area contributed by atoms with E-state index in [0.29, 0.717) is 12.8 Å². The van der Waals surface area contributed by atoms with Gasteiger partial charge in [-0.15, -0.1) is 11.3 Å². The third-order valence-electron chi connectivity index (χ3n) is 3.65. The molecular weight excluding hydrogens is 242 g/mol. The van der Waals surface area contributed by atoms with Crippen LogP contribution in [-0.4, -0.2) is 5.92 Å². The Morgan fingerprint density at radius 1 is 1.47 bits per heavy atom. The number of nitrogens with one attached hydrogen (secondary N) is 1. The molecule has 5 heteroatoms. The highest BCUT2D eigenvalue weighted by Gasteiger charge is 2.38. The van der Waals surface area contributed by atoms with Gasteiger partial charge in [-0.3, -0.25) is 11.3 Å². The highest BCUT2D eigenvalue weighted by molar-refractivity contribution is 7.10. The molecule has 1 saturated carbocycles. The van der Waals surface area contributed by atoms with Crippen LogP contribution in [-0.2, 0) is 0 Å². The molecule has 0 amide bonds. The zero-order chi connectivity index (χ0) is 12.5. The fraction of sp³-hybridized carbons (Fsp3) is 0.667. The molecule has 1 aromatic heterocycles. The second-order valence-corrected chi connectivity index (χ2v) is 5.89. The lowest BCUT2D eigenvalue weighted by Gasteiger charge is -2.33. The number of hydrogen-bond donors (Lipinski definition) is 2. The van der Waals surface area contributed by atoms with Crippen LogP contribution in [0.4, 0.5) is 8.78 Å². The van der Waals surface area contributed by atoms with Crippen molar-refractivity contribution in [2.24, 2.45) is 11.8 Å². The first-order valence-electron chi connectivity index (χ1n) is 5.91. The predicted octanol–water partition coefficient (Wildman–Crippen LogP) is 3.39. The van der Waals surface area contributed by atoms with Crippen LogP contribution < -0.4 is 11.3 Å². The average molecular weight is 260 g/mol. The minimum Gasteiger partial charge on any atom is -0.271 e. The number of hydrogen-bond acceptors (Lipinski definition) is 3. The van der Waals surface area contributed by atoms with Crippen molar-refractivity contribution < 1.29 is 8.78 Å². The van der Waals surface area contributed by atoms with Gasteiger partial charge in [-0.1, -0.05) is 0 Å². The fourth-order valence-corrected chi connectivity index (χ4v) is 3.34. The monoisotopic (exact) mass is 260 g/mol. The molecule has 0 bridgehead atoms. The number of rotatable bonds is 3. The first kappa shape index (κ1) is 12.9. The van der Waals surface area contributed by atoms with Crippen molar-refractivity contribution in [2.75, 3.05) is 0 Å². The molecule has 0 aromatic carbocycles. The third-order valence-corrected chi connectivity index (χ3v) is 4.51. The summed E-state index contributed by atoms with van der Waals surface area (Å²) in [5.74, 6) is 3.34. The number of aryl methyl sites for hydroxylation is 1. The van der Waals surface area contributed by atoms with Crippen molar-refractivity contribution in [3.8, 4) is 0 Å². The van der Waals surface area contributed by atoms with E-state index in [0.717, 1.165) is 5.56 Å². The fourth-order valence-electron chi connectivity index (χ4n) is 2.59. The molecule has 0 saturated heterocycles. The van der Waals surface area contributed by atoms with Crippen LogP contribution in [0.2, 0.25) is 0 Å². The average Bonchev–Trinajstić information content (AvgIpc) is 2.69. The van der Waals surface area contributed by atoms with E-state index in [2.05, 4.69) is 5.43 Å². The van der Waals surface area contributed by atoms with Crippen LogP contribution in [0.5, 0.6) is 0 Å². The predicted molar refractivity (Wildman–Crippen MR) is 66.0 cm³/mol. The minimum atomic E-state index is -2.47. The van der Waals surface area contributed by atoms with Gasteiger partial charge in [0.2, 0.25) is 5.92 Å². The zero-order valence-corrected chi connectivity index (χ0v) is 10.7. The van der Waals surface area contributed by atoms with Crippen LogP contribution in [0.15, 0.2) is 11.4 Å². The number of nitrogens with two attached hydrogens (primary N) is 1. The van der Waals surface area contributed by atoms with Crippen LogP contribution in [0, 0.1) is 12.8 Å². The van der Waals surface area contributed by atoms with Crippen LogP contribution in [0.3, 0.4) is 0 Å². The van der Waals surface area contributed by atoms with E-state index >= 15 is 0 Å². The first-order chi connectivity index (χ1) is 8.03. The summed E-state index contributed by atoms with van der Waals surface area (Å²) in [4.78, 5) is 1.21. The summed E-state index contributed by atoms with van der Waals surface area (Å²) in [5.41, 5.74) is 3.96. The molecule has 1 aliphatic carbocycles. The van der Waals surface area contributed by atoms with E-state index in [1.54, 1.807) is 11.3 Å². The van der Waals surface area contributed by atoms with Crippen molar-refractivity contribution in [1.82, 2.24) is 5.43 Å². The van der Waals surface area contributed by atoms with Crippen molar-refractivity contribution in [1.29, 1.82) is 0 Å². The highest BCUT2D eigenvalue weighted by Crippen LogP contribution is 2.42. The van der Waals surface area contributed by atoms with E-state index in [1.165, 1.54) is 4.88 Å². The van der Waals surface area contributed by atoms with Gasteiger partial charge in [-0.05, 0) is 42.7 Å². The molecule has 1 fully saturated rings. The van der Waals surface area contributed by atoms with Gasteiger partial charge < -0.3 is 0 Å². The molecule has 1 atom stereocenters. The van der Waals surface area contributed by atoms with E-state index in [-0.39, 0.29) is 24.8 Å². The van der Waals surface area contributed by atoms with Gasteiger partial charge >= 0.3 is 0 Å². The van der Waals surface area contributed by atoms with E-state index in [9.17, 15) is 8.78 Å². The maximum absolute atomic E-state index is 13.1. The summed E-state index contributed by atoms with van der Waals surface area (Å²) < 4.78 is 26.2. The summed E-state index contributed by atoms with van der Waals surface area (Å²) in [7, 11) is 0. The van der Waals surface area contributed by atoms with Gasteiger partial charge in [-0.25, -0.2) is 8.78 Å². The van der Waals surface area contributed by atoms with Crippen LogP contribution in [0.25, 0.3) is 0 Å². The molecule has 0 spiro atoms. The van der Waals surface area contributed by atoms with Crippen molar-refractivity contribution in [3.05, 3.63) is 21.9 Å². The molecule has 1 aromatic rings. The maximum atomic E-state index is 13.1. The van der Waals surface area contributed by atoms with Gasteiger partial charge in [0, 0.05) is 23.8 Å². The lowest BCUT2D eigenvalue weighted by atomic mass is 9.80. The molecule has 1 heterocycles. The smallest absolute Gasteiger partial charge is 0.248 e. The summed E-state index contributed by atoms with van der Waals surface area (Å²) >= 11 is 1.67. The van der Waals surface area contributed by atoms with Gasteiger partial charge in [-0.2, -0.15) is 0 Å². The first-order valence-corrected chi connectivity index (χ1v) is 6.79. The molecule has 2 nitrogen and oxygen atoms in total. The normalized spacial score (nSPS) is 22.6. The Morgan fingerprint density at radius 3 is 2.59 bits per heavy atom. The Hall–Kier alpha value is -0.520. The zero-order valence-electron chi connectivity index (χ0n) is 9.88. The number of halogens is 2. The third kappa shape index (κ3) is 2.84. The molecule has 17 heavy (non-hydrogen) atoms. The molecular formula is C12H18F2N2S. The van der Waals surface area contributed by atoms with Crippen LogP contribution >= 0.6 is 11.3 Å².